The van der Waals surface area contributed by atoms with E-state index in [9.17, 15) is 21.6 Å². The summed E-state index contributed by atoms with van der Waals surface area (Å²) in [4.78, 5) is -0.774. The molecule has 0 aliphatic rings. The van der Waals surface area contributed by atoms with Crippen LogP contribution >= 0.6 is 11.6 Å². The zero-order valence-corrected chi connectivity index (χ0v) is 11.6. The number of anilines is 1. The van der Waals surface area contributed by atoms with E-state index in [0.717, 1.165) is 6.07 Å². The summed E-state index contributed by atoms with van der Waals surface area (Å²) in [5, 5.41) is 2.73. The standard InChI is InChI=1S/C11H13ClF3NO2S/c1-8(6-7-12)16-9-4-2-3-5-10(9)19(17,18)11(13,14)15/h2-5,8,16H,6-7H2,1H3. The van der Waals surface area contributed by atoms with E-state index in [1.54, 1.807) is 6.92 Å². The van der Waals surface area contributed by atoms with Crippen molar-refractivity contribution in [2.24, 2.45) is 0 Å². The van der Waals surface area contributed by atoms with Gasteiger partial charge in [0.05, 0.1) is 10.6 Å². The topological polar surface area (TPSA) is 46.2 Å². The van der Waals surface area contributed by atoms with Crippen molar-refractivity contribution in [1.82, 2.24) is 0 Å². The molecule has 0 amide bonds. The van der Waals surface area contributed by atoms with E-state index in [4.69, 9.17) is 11.6 Å². The number of hydrogen-bond acceptors (Lipinski definition) is 3. The zero-order valence-electron chi connectivity index (χ0n) is 10.0. The molecule has 0 saturated carbocycles. The predicted molar refractivity (Wildman–Crippen MR) is 68.1 cm³/mol. The second kappa shape index (κ2) is 6.00. The van der Waals surface area contributed by atoms with Gasteiger partial charge in [0.2, 0.25) is 0 Å². The Labute approximate surface area is 114 Å². The number of sulfone groups is 1. The van der Waals surface area contributed by atoms with Crippen molar-refractivity contribution in [3.05, 3.63) is 24.3 Å². The molecule has 0 fully saturated rings. The Morgan fingerprint density at radius 3 is 2.42 bits per heavy atom. The first-order chi connectivity index (χ1) is 8.70. The van der Waals surface area contributed by atoms with Gasteiger partial charge in [-0.2, -0.15) is 13.2 Å². The second-order valence-corrected chi connectivity index (χ2v) is 6.26. The maximum Gasteiger partial charge on any atom is 0.501 e. The molecule has 1 unspecified atom stereocenters. The Bertz CT molecular complexity index is 531. The summed E-state index contributed by atoms with van der Waals surface area (Å²) in [5.74, 6) is 0.322. The molecule has 1 N–H and O–H groups in total. The molecule has 19 heavy (non-hydrogen) atoms. The van der Waals surface area contributed by atoms with Gasteiger partial charge < -0.3 is 5.32 Å². The van der Waals surface area contributed by atoms with Crippen LogP contribution in [0.15, 0.2) is 29.2 Å². The number of hydrogen-bond donors (Lipinski definition) is 1. The van der Waals surface area contributed by atoms with E-state index in [2.05, 4.69) is 5.32 Å². The molecule has 0 spiro atoms. The van der Waals surface area contributed by atoms with Crippen LogP contribution in [-0.2, 0) is 9.84 Å². The van der Waals surface area contributed by atoms with Crippen molar-refractivity contribution in [2.75, 3.05) is 11.2 Å². The van der Waals surface area contributed by atoms with Crippen molar-refractivity contribution in [3.8, 4) is 0 Å². The number of alkyl halides is 4. The molecule has 0 bridgehead atoms. The summed E-state index contributed by atoms with van der Waals surface area (Å²) in [6.45, 7) is 1.71. The van der Waals surface area contributed by atoms with Crippen molar-refractivity contribution in [2.45, 2.75) is 29.8 Å². The molecule has 0 aliphatic heterocycles. The minimum absolute atomic E-state index is 0.0718. The van der Waals surface area contributed by atoms with Crippen molar-refractivity contribution in [3.63, 3.8) is 0 Å². The molecule has 1 aromatic rings. The number of halogens is 4. The molecule has 0 aliphatic carbocycles. The highest BCUT2D eigenvalue weighted by atomic mass is 35.5. The van der Waals surface area contributed by atoms with Crippen LogP contribution in [-0.4, -0.2) is 25.8 Å². The third-order valence-electron chi connectivity index (χ3n) is 2.43. The largest absolute Gasteiger partial charge is 0.501 e. The first-order valence-electron chi connectivity index (χ1n) is 5.43. The number of rotatable bonds is 5. The fourth-order valence-corrected chi connectivity index (χ4v) is 2.70. The summed E-state index contributed by atoms with van der Waals surface area (Å²) >= 11 is 5.53. The molecule has 108 valence electrons. The van der Waals surface area contributed by atoms with E-state index in [-0.39, 0.29) is 11.7 Å². The van der Waals surface area contributed by atoms with Gasteiger partial charge in [0.15, 0.2) is 0 Å². The summed E-state index contributed by atoms with van der Waals surface area (Å²) in [6.07, 6.45) is 0.502. The highest BCUT2D eigenvalue weighted by molar-refractivity contribution is 7.92. The van der Waals surface area contributed by atoms with Crippen LogP contribution in [0.1, 0.15) is 13.3 Å². The lowest BCUT2D eigenvalue weighted by Gasteiger charge is -2.18. The van der Waals surface area contributed by atoms with Crippen LogP contribution in [0.4, 0.5) is 18.9 Å². The van der Waals surface area contributed by atoms with Crippen LogP contribution in [0.3, 0.4) is 0 Å². The smallest absolute Gasteiger partial charge is 0.381 e. The van der Waals surface area contributed by atoms with Crippen LogP contribution in [0.5, 0.6) is 0 Å². The SMILES string of the molecule is CC(CCCl)Nc1ccccc1S(=O)(=O)C(F)(F)F. The highest BCUT2D eigenvalue weighted by Crippen LogP contribution is 2.34. The van der Waals surface area contributed by atoms with Gasteiger partial charge in [0.1, 0.15) is 0 Å². The molecule has 1 rings (SSSR count). The van der Waals surface area contributed by atoms with Gasteiger partial charge in [-0.1, -0.05) is 12.1 Å². The second-order valence-electron chi connectivity index (χ2n) is 3.97. The number of para-hydroxylation sites is 1. The molecular weight excluding hydrogens is 303 g/mol. The Kier molecular flexibility index (Phi) is 5.09. The first kappa shape index (κ1) is 16.1. The van der Waals surface area contributed by atoms with Crippen LogP contribution in [0.25, 0.3) is 0 Å². The van der Waals surface area contributed by atoms with Crippen LogP contribution in [0.2, 0.25) is 0 Å². The zero-order chi connectivity index (χ0) is 14.7. The van der Waals surface area contributed by atoms with Gasteiger partial charge in [0, 0.05) is 11.9 Å². The third kappa shape index (κ3) is 3.76. The van der Waals surface area contributed by atoms with Gasteiger partial charge in [-0.05, 0) is 25.5 Å². The van der Waals surface area contributed by atoms with Gasteiger partial charge in [-0.15, -0.1) is 11.6 Å². The fraction of sp³-hybridized carbons (Fsp3) is 0.455. The Morgan fingerprint density at radius 1 is 1.32 bits per heavy atom. The Morgan fingerprint density at radius 2 is 1.89 bits per heavy atom. The molecule has 1 aromatic carbocycles. The maximum absolute atomic E-state index is 12.5. The molecule has 0 saturated heterocycles. The summed E-state index contributed by atoms with van der Waals surface area (Å²) < 4.78 is 60.5. The molecule has 3 nitrogen and oxygen atoms in total. The normalized spacial score (nSPS) is 14.2. The van der Waals surface area contributed by atoms with Crippen molar-refractivity contribution < 1.29 is 21.6 Å². The Hall–Kier alpha value is -0.950. The minimum Gasteiger partial charge on any atom is -0.381 e. The summed E-state index contributed by atoms with van der Waals surface area (Å²) in [5.41, 5.74) is -5.39. The highest BCUT2D eigenvalue weighted by Gasteiger charge is 2.47. The lowest BCUT2D eigenvalue weighted by atomic mass is 10.2. The first-order valence-corrected chi connectivity index (χ1v) is 7.45. The number of nitrogens with one attached hydrogen (secondary N) is 1. The summed E-state index contributed by atoms with van der Waals surface area (Å²) in [7, 11) is -5.36. The molecule has 8 heteroatoms. The van der Waals surface area contributed by atoms with Crippen molar-refractivity contribution in [1.29, 1.82) is 0 Å². The Balaban J connectivity index is 3.17. The monoisotopic (exact) mass is 315 g/mol. The van der Waals surface area contributed by atoms with Gasteiger partial charge in [0.25, 0.3) is 9.84 Å². The van der Waals surface area contributed by atoms with Crippen LogP contribution in [0, 0.1) is 0 Å². The molecule has 0 heterocycles. The van der Waals surface area contributed by atoms with E-state index >= 15 is 0 Å². The van der Waals surface area contributed by atoms with E-state index < -0.39 is 20.2 Å². The van der Waals surface area contributed by atoms with Crippen molar-refractivity contribution >= 4 is 27.1 Å². The molecule has 1 atom stereocenters. The van der Waals surface area contributed by atoms with Gasteiger partial charge in [-0.3, -0.25) is 0 Å². The fourth-order valence-electron chi connectivity index (χ4n) is 1.45. The summed E-state index contributed by atoms with van der Waals surface area (Å²) in [6, 6.07) is 4.70. The number of benzene rings is 1. The maximum atomic E-state index is 12.5. The third-order valence-corrected chi connectivity index (χ3v) is 4.19. The van der Waals surface area contributed by atoms with E-state index in [1.165, 1.54) is 18.2 Å². The molecular formula is C11H13ClF3NO2S. The average molecular weight is 316 g/mol. The average Bonchev–Trinajstić information content (AvgIpc) is 2.28. The van der Waals surface area contributed by atoms with E-state index in [1.807, 2.05) is 0 Å². The molecule has 0 aromatic heterocycles. The lowest BCUT2D eigenvalue weighted by Crippen LogP contribution is -2.25. The minimum atomic E-state index is -5.36. The predicted octanol–water partition coefficient (Wildman–Crippen LogP) is 3.41. The van der Waals surface area contributed by atoms with E-state index in [0.29, 0.717) is 12.3 Å². The van der Waals surface area contributed by atoms with Gasteiger partial charge in [-0.25, -0.2) is 8.42 Å². The van der Waals surface area contributed by atoms with Crippen LogP contribution < -0.4 is 5.32 Å². The molecule has 0 radical (unpaired) electrons. The van der Waals surface area contributed by atoms with Gasteiger partial charge >= 0.3 is 5.51 Å². The lowest BCUT2D eigenvalue weighted by molar-refractivity contribution is -0.0435. The quantitative estimate of drug-likeness (QED) is 0.847.